The summed E-state index contributed by atoms with van der Waals surface area (Å²) in [6.45, 7) is 7.42. The average molecular weight is 627 g/mol. The average Bonchev–Trinajstić information content (AvgIpc) is 3.58. The maximum absolute atomic E-state index is 14.4. The van der Waals surface area contributed by atoms with Crippen molar-refractivity contribution in [3.63, 3.8) is 0 Å². The van der Waals surface area contributed by atoms with Gasteiger partial charge in [0.1, 0.15) is 11.4 Å². The first-order valence-electron chi connectivity index (χ1n) is 14.5. The first-order valence-corrected chi connectivity index (χ1v) is 15.3. The Morgan fingerprint density at radius 3 is 2.40 bits per heavy atom. The first kappa shape index (κ1) is 31.1. The molecular weight excluding hydrogens is 589 g/mol. The molecule has 5 rings (SSSR count). The second-order valence-electron chi connectivity index (χ2n) is 12.3. The van der Waals surface area contributed by atoms with E-state index in [2.05, 4.69) is 46.7 Å². The smallest absolute Gasteiger partial charge is 0.275 e. The monoisotopic (exact) mass is 625 g/mol. The van der Waals surface area contributed by atoms with Gasteiger partial charge in [-0.3, -0.25) is 14.6 Å². The molecule has 2 aliphatic rings. The minimum absolute atomic E-state index is 0.154. The van der Waals surface area contributed by atoms with E-state index in [9.17, 15) is 9.59 Å². The number of halogens is 2. The minimum atomic E-state index is -0.706. The number of aromatic nitrogens is 4. The van der Waals surface area contributed by atoms with Crippen LogP contribution in [0.2, 0.25) is 10.0 Å². The number of rotatable bonds is 9. The number of ether oxygens (including phenoxy) is 1. The Bertz CT molecular complexity index is 1460. The zero-order chi connectivity index (χ0) is 30.8. The van der Waals surface area contributed by atoms with Crippen molar-refractivity contribution >= 4 is 40.7 Å². The van der Waals surface area contributed by atoms with Crippen molar-refractivity contribution in [1.82, 2.24) is 30.8 Å². The third-order valence-electron chi connectivity index (χ3n) is 8.60. The summed E-state index contributed by atoms with van der Waals surface area (Å²) < 4.78 is 5.50. The molecule has 2 heterocycles. The molecule has 1 aliphatic heterocycles. The molecule has 0 saturated heterocycles. The Morgan fingerprint density at radius 1 is 1.14 bits per heavy atom. The molecule has 0 bridgehead atoms. The molecule has 1 atom stereocenters. The van der Waals surface area contributed by atoms with Crippen molar-refractivity contribution in [3.8, 4) is 0 Å². The lowest BCUT2D eigenvalue weighted by molar-refractivity contribution is -0.134. The third-order valence-corrected chi connectivity index (χ3v) is 9.03. The van der Waals surface area contributed by atoms with Crippen molar-refractivity contribution in [2.45, 2.75) is 71.1 Å². The van der Waals surface area contributed by atoms with Gasteiger partial charge in [0.15, 0.2) is 5.82 Å². The van der Waals surface area contributed by atoms with Gasteiger partial charge >= 0.3 is 0 Å². The van der Waals surface area contributed by atoms with Crippen molar-refractivity contribution in [3.05, 3.63) is 75.0 Å². The van der Waals surface area contributed by atoms with E-state index in [0.717, 1.165) is 31.2 Å². The fraction of sp³-hybridized carbons (Fsp3) is 0.484. The molecule has 12 heteroatoms. The number of aromatic amines is 1. The fourth-order valence-electron chi connectivity index (χ4n) is 6.27. The quantitative estimate of drug-likeness (QED) is 0.310. The van der Waals surface area contributed by atoms with Crippen LogP contribution >= 0.6 is 23.2 Å². The molecule has 1 unspecified atom stereocenters. The van der Waals surface area contributed by atoms with Crippen molar-refractivity contribution in [1.29, 1.82) is 0 Å². The van der Waals surface area contributed by atoms with Gasteiger partial charge in [0.05, 0.1) is 12.6 Å². The van der Waals surface area contributed by atoms with Gasteiger partial charge in [-0.05, 0) is 79.3 Å². The van der Waals surface area contributed by atoms with Crippen LogP contribution in [0.15, 0.2) is 47.5 Å². The molecule has 1 spiro atoms. The Hall–Kier alpha value is -3.34. The number of carbonyl (C=O) groups excluding carboxylic acids is 2. The molecule has 43 heavy (non-hydrogen) atoms. The minimum Gasteiger partial charge on any atom is -0.385 e. The van der Waals surface area contributed by atoms with Crippen molar-refractivity contribution < 1.29 is 14.3 Å². The summed E-state index contributed by atoms with van der Waals surface area (Å²) in [4.78, 5) is 34.4. The molecule has 1 saturated carbocycles. The largest absolute Gasteiger partial charge is 0.385 e. The first-order chi connectivity index (χ1) is 20.5. The molecule has 228 valence electrons. The summed E-state index contributed by atoms with van der Waals surface area (Å²) >= 11 is 12.7. The summed E-state index contributed by atoms with van der Waals surface area (Å²) in [7, 11) is 1.65. The Labute approximate surface area is 261 Å². The number of carbonyl (C=O) groups is 2. The van der Waals surface area contributed by atoms with Crippen LogP contribution in [0.4, 0.5) is 0 Å². The molecular formula is C31H37Cl2N7O3. The Kier molecular flexibility index (Phi) is 9.20. The van der Waals surface area contributed by atoms with Gasteiger partial charge in [0, 0.05) is 34.9 Å². The number of methoxy groups -OCH3 is 1. The number of aliphatic imine (C=N–C) groups is 1. The number of tetrazole rings is 1. The fourth-order valence-corrected chi connectivity index (χ4v) is 6.80. The second-order valence-corrected chi connectivity index (χ2v) is 13.2. The Balaban J connectivity index is 1.48. The lowest BCUT2D eigenvalue weighted by Gasteiger charge is -2.47. The Morgan fingerprint density at radius 2 is 1.81 bits per heavy atom. The zero-order valence-corrected chi connectivity index (χ0v) is 26.4. The van der Waals surface area contributed by atoms with Gasteiger partial charge < -0.3 is 15.0 Å². The van der Waals surface area contributed by atoms with Gasteiger partial charge in [-0.25, -0.2) is 0 Å². The predicted octanol–water partition coefficient (Wildman–Crippen LogP) is 5.78. The topological polar surface area (TPSA) is 125 Å². The van der Waals surface area contributed by atoms with E-state index in [1.54, 1.807) is 37.4 Å². The standard InChI is InChI=1S/C31H37Cl2N7O3/c1-30(2,3)22-9-12-31(13-10-22)35-27(21-15-23(32)17-24(33)16-21)29(42)40(31)25(11-14-43-4)19-5-7-20(8-6-19)28(41)34-18-26-36-38-39-37-26/h5-8,15-17,22,25H,9-14,18H2,1-4H3,(H,34,41)(H,36,37,38,39). The van der Waals surface area contributed by atoms with Crippen LogP contribution in [0.3, 0.4) is 0 Å². The summed E-state index contributed by atoms with van der Waals surface area (Å²) in [6, 6.07) is 12.1. The highest BCUT2D eigenvalue weighted by Crippen LogP contribution is 2.49. The van der Waals surface area contributed by atoms with Gasteiger partial charge in [-0.1, -0.05) is 61.3 Å². The summed E-state index contributed by atoms with van der Waals surface area (Å²) in [6.07, 6.45) is 3.97. The number of nitrogens with zero attached hydrogens (tertiary/aromatic N) is 5. The molecule has 3 aromatic rings. The second kappa shape index (κ2) is 12.7. The van der Waals surface area contributed by atoms with E-state index in [0.29, 0.717) is 51.7 Å². The molecule has 2 amide bonds. The number of benzene rings is 2. The lowest BCUT2D eigenvalue weighted by Crippen LogP contribution is -2.51. The van der Waals surface area contributed by atoms with E-state index >= 15 is 0 Å². The van der Waals surface area contributed by atoms with Crippen LogP contribution in [0.5, 0.6) is 0 Å². The SMILES string of the molecule is COCCC(c1ccc(C(=O)NCc2nn[nH]n2)cc1)N1C(=O)C(c2cc(Cl)cc(Cl)c2)=NC12CCC(C(C)(C)C)CC2. The predicted molar refractivity (Wildman–Crippen MR) is 165 cm³/mol. The highest BCUT2D eigenvalue weighted by Gasteiger charge is 2.52. The maximum atomic E-state index is 14.4. The molecule has 2 aromatic carbocycles. The van der Waals surface area contributed by atoms with E-state index in [4.69, 9.17) is 32.9 Å². The van der Waals surface area contributed by atoms with E-state index in [-0.39, 0.29) is 29.8 Å². The van der Waals surface area contributed by atoms with Crippen molar-refractivity contribution in [2.75, 3.05) is 13.7 Å². The molecule has 1 aliphatic carbocycles. The third kappa shape index (κ3) is 6.76. The summed E-state index contributed by atoms with van der Waals surface area (Å²) in [5, 5.41) is 17.3. The van der Waals surface area contributed by atoms with E-state index in [1.807, 2.05) is 17.0 Å². The van der Waals surface area contributed by atoms with Crippen LogP contribution in [-0.2, 0) is 16.1 Å². The zero-order valence-electron chi connectivity index (χ0n) is 24.9. The molecule has 10 nitrogen and oxygen atoms in total. The van der Waals surface area contributed by atoms with E-state index in [1.165, 1.54) is 0 Å². The van der Waals surface area contributed by atoms with Crippen LogP contribution in [0, 0.1) is 11.3 Å². The molecule has 1 fully saturated rings. The lowest BCUT2D eigenvalue weighted by atomic mass is 9.69. The van der Waals surface area contributed by atoms with Crippen LogP contribution in [0.1, 0.15) is 86.2 Å². The van der Waals surface area contributed by atoms with Crippen molar-refractivity contribution in [2.24, 2.45) is 16.3 Å². The number of H-pyrrole nitrogens is 1. The number of amides is 2. The number of nitrogens with one attached hydrogen (secondary N) is 2. The van der Waals surface area contributed by atoms with Crippen LogP contribution in [0.25, 0.3) is 0 Å². The molecule has 2 N–H and O–H groups in total. The highest BCUT2D eigenvalue weighted by atomic mass is 35.5. The van der Waals surface area contributed by atoms with Gasteiger partial charge in [-0.2, -0.15) is 5.21 Å². The maximum Gasteiger partial charge on any atom is 0.275 e. The molecule has 1 aromatic heterocycles. The van der Waals surface area contributed by atoms with Crippen LogP contribution in [-0.4, -0.2) is 62.4 Å². The number of hydrogen-bond donors (Lipinski definition) is 2. The normalized spacial score (nSPS) is 21.3. The highest BCUT2D eigenvalue weighted by molar-refractivity contribution is 6.47. The summed E-state index contributed by atoms with van der Waals surface area (Å²) in [5.41, 5.74) is 1.83. The van der Waals surface area contributed by atoms with Crippen LogP contribution < -0.4 is 5.32 Å². The molecule has 0 radical (unpaired) electrons. The number of hydrogen-bond acceptors (Lipinski definition) is 7. The van der Waals surface area contributed by atoms with E-state index < -0.39 is 5.66 Å². The van der Waals surface area contributed by atoms with Gasteiger partial charge in [-0.15, -0.1) is 10.2 Å². The van der Waals surface area contributed by atoms with Gasteiger partial charge in [0.2, 0.25) is 0 Å². The summed E-state index contributed by atoms with van der Waals surface area (Å²) in [5.74, 6) is 0.496. The van der Waals surface area contributed by atoms with Gasteiger partial charge in [0.25, 0.3) is 11.8 Å².